The van der Waals surface area contributed by atoms with E-state index in [9.17, 15) is 15.0 Å². The Morgan fingerprint density at radius 3 is 2.61 bits per heavy atom. The molecule has 0 atom stereocenters. The zero-order chi connectivity index (χ0) is 13.1. The van der Waals surface area contributed by atoms with Gasteiger partial charge in [0.15, 0.2) is 11.5 Å². The fraction of sp³-hybridized carbons (Fsp3) is 0.154. The molecule has 2 aromatic rings. The van der Waals surface area contributed by atoms with E-state index in [4.69, 9.17) is 0 Å². The van der Waals surface area contributed by atoms with Crippen molar-refractivity contribution in [2.45, 2.75) is 6.54 Å². The maximum absolute atomic E-state index is 11.2. The minimum atomic E-state index is -0.144. The topological polar surface area (TPSA) is 74.5 Å². The van der Waals surface area contributed by atoms with Crippen LogP contribution in [0.5, 0.6) is 11.5 Å². The number of benzene rings is 1. The summed E-state index contributed by atoms with van der Waals surface area (Å²) in [5, 5.41) is 21.7. The number of phenols is 2. The Morgan fingerprint density at radius 1 is 1.17 bits per heavy atom. The highest BCUT2D eigenvalue weighted by molar-refractivity contribution is 5.44. The summed E-state index contributed by atoms with van der Waals surface area (Å²) >= 11 is 0. The first-order valence-electron chi connectivity index (χ1n) is 5.47. The van der Waals surface area contributed by atoms with Gasteiger partial charge in [0, 0.05) is 25.9 Å². The Bertz CT molecular complexity index is 620. The fourth-order valence-electron chi connectivity index (χ4n) is 1.58. The first-order chi connectivity index (χ1) is 8.56. The summed E-state index contributed by atoms with van der Waals surface area (Å²) in [5.41, 5.74) is 1.58. The molecule has 94 valence electrons. The zero-order valence-electron chi connectivity index (χ0n) is 9.92. The van der Waals surface area contributed by atoms with Crippen LogP contribution in [0.2, 0.25) is 0 Å². The lowest BCUT2D eigenvalue weighted by Crippen LogP contribution is -2.15. The Balaban J connectivity index is 2.09. The van der Waals surface area contributed by atoms with Crippen LogP contribution in [-0.2, 0) is 13.6 Å². The minimum absolute atomic E-state index is 0.0668. The molecule has 0 amide bonds. The smallest absolute Gasteiger partial charge is 0.250 e. The lowest BCUT2D eigenvalue weighted by molar-refractivity contribution is 0.403. The predicted octanol–water partition coefficient (Wildman–Crippen LogP) is 1.41. The van der Waals surface area contributed by atoms with Crippen LogP contribution in [0.3, 0.4) is 0 Å². The van der Waals surface area contributed by atoms with Crippen LogP contribution in [0.25, 0.3) is 0 Å². The molecule has 0 saturated heterocycles. The van der Waals surface area contributed by atoms with E-state index < -0.39 is 0 Å². The number of nitrogens with one attached hydrogen (secondary N) is 1. The van der Waals surface area contributed by atoms with Gasteiger partial charge in [-0.2, -0.15) is 0 Å². The zero-order valence-corrected chi connectivity index (χ0v) is 9.92. The van der Waals surface area contributed by atoms with E-state index in [0.29, 0.717) is 6.54 Å². The molecule has 0 fully saturated rings. The van der Waals surface area contributed by atoms with Crippen LogP contribution in [0.4, 0.5) is 5.69 Å². The first-order valence-corrected chi connectivity index (χ1v) is 5.47. The Morgan fingerprint density at radius 2 is 1.94 bits per heavy atom. The number of nitrogens with zero attached hydrogens (tertiary/aromatic N) is 1. The molecular formula is C13H14N2O3. The molecule has 0 aliphatic carbocycles. The summed E-state index contributed by atoms with van der Waals surface area (Å²) in [4.78, 5) is 11.2. The summed E-state index contributed by atoms with van der Waals surface area (Å²) < 4.78 is 1.48. The number of phenolic OH excluding ortho intramolecular Hbond substituents is 2. The average molecular weight is 246 g/mol. The van der Waals surface area contributed by atoms with Gasteiger partial charge in [-0.3, -0.25) is 4.79 Å². The van der Waals surface area contributed by atoms with Crippen LogP contribution < -0.4 is 10.9 Å². The van der Waals surface area contributed by atoms with Gasteiger partial charge in [-0.25, -0.2) is 0 Å². The molecule has 0 radical (unpaired) electrons. The molecule has 3 N–H and O–H groups in total. The van der Waals surface area contributed by atoms with E-state index in [-0.39, 0.29) is 17.1 Å². The van der Waals surface area contributed by atoms with Gasteiger partial charge >= 0.3 is 0 Å². The Labute approximate surface area is 104 Å². The molecule has 0 saturated carbocycles. The highest BCUT2D eigenvalue weighted by atomic mass is 16.3. The molecule has 1 heterocycles. The fourth-order valence-corrected chi connectivity index (χ4v) is 1.58. The number of hydrogen-bond donors (Lipinski definition) is 3. The standard InChI is InChI=1S/C13H14N2O3/c1-15-8-10(3-5-13(15)18)14-7-9-2-4-11(16)12(17)6-9/h2-6,8,14,16-17H,7H2,1H3. The molecule has 18 heavy (non-hydrogen) atoms. The number of anilines is 1. The quantitative estimate of drug-likeness (QED) is 0.716. The van der Waals surface area contributed by atoms with Crippen LogP contribution in [0.1, 0.15) is 5.56 Å². The summed E-state index contributed by atoms with van der Waals surface area (Å²) in [6, 6.07) is 7.82. The van der Waals surface area contributed by atoms with E-state index in [1.165, 1.54) is 22.8 Å². The van der Waals surface area contributed by atoms with E-state index >= 15 is 0 Å². The molecule has 1 aromatic heterocycles. The predicted molar refractivity (Wildman–Crippen MR) is 68.8 cm³/mol. The van der Waals surface area contributed by atoms with Crippen LogP contribution in [0.15, 0.2) is 41.3 Å². The largest absolute Gasteiger partial charge is 0.504 e. The van der Waals surface area contributed by atoms with E-state index in [1.807, 2.05) is 0 Å². The molecule has 1 aromatic carbocycles. The van der Waals surface area contributed by atoms with Gasteiger partial charge in [-0.1, -0.05) is 6.07 Å². The van der Waals surface area contributed by atoms with Gasteiger partial charge in [0.05, 0.1) is 5.69 Å². The molecule has 2 rings (SSSR count). The minimum Gasteiger partial charge on any atom is -0.504 e. The Hall–Kier alpha value is -2.43. The first kappa shape index (κ1) is 12.0. The molecule has 0 spiro atoms. The van der Waals surface area contributed by atoms with Crippen molar-refractivity contribution >= 4 is 5.69 Å². The van der Waals surface area contributed by atoms with Gasteiger partial charge < -0.3 is 20.1 Å². The van der Waals surface area contributed by atoms with Crippen molar-refractivity contribution in [1.82, 2.24) is 4.57 Å². The van der Waals surface area contributed by atoms with Gasteiger partial charge in [0.25, 0.3) is 0 Å². The van der Waals surface area contributed by atoms with E-state index in [0.717, 1.165) is 11.3 Å². The van der Waals surface area contributed by atoms with Gasteiger partial charge in [-0.05, 0) is 23.8 Å². The van der Waals surface area contributed by atoms with Gasteiger partial charge in [-0.15, -0.1) is 0 Å². The average Bonchev–Trinajstić information content (AvgIpc) is 2.35. The third-order valence-electron chi connectivity index (χ3n) is 2.62. The SMILES string of the molecule is Cn1cc(NCc2ccc(O)c(O)c2)ccc1=O. The summed E-state index contributed by atoms with van der Waals surface area (Å²) in [6.07, 6.45) is 1.70. The summed E-state index contributed by atoms with van der Waals surface area (Å²) in [5.74, 6) is -0.282. The second-order valence-corrected chi connectivity index (χ2v) is 4.04. The monoisotopic (exact) mass is 246 g/mol. The molecule has 0 aliphatic heterocycles. The highest BCUT2D eigenvalue weighted by Crippen LogP contribution is 2.25. The summed E-state index contributed by atoms with van der Waals surface area (Å²) in [7, 11) is 1.68. The second-order valence-electron chi connectivity index (χ2n) is 4.04. The normalized spacial score (nSPS) is 10.3. The number of pyridine rings is 1. The maximum Gasteiger partial charge on any atom is 0.250 e. The van der Waals surface area contributed by atoms with Crippen molar-refractivity contribution in [3.05, 3.63) is 52.4 Å². The number of rotatable bonds is 3. The number of hydrogen-bond acceptors (Lipinski definition) is 4. The van der Waals surface area contributed by atoms with Crippen LogP contribution in [0, 0.1) is 0 Å². The molecule has 0 aliphatic rings. The third kappa shape index (κ3) is 2.63. The second kappa shape index (κ2) is 4.83. The van der Waals surface area contributed by atoms with Crippen molar-refractivity contribution in [3.63, 3.8) is 0 Å². The molecule has 5 nitrogen and oxygen atoms in total. The van der Waals surface area contributed by atoms with E-state index in [2.05, 4.69) is 5.32 Å². The van der Waals surface area contributed by atoms with Crippen LogP contribution >= 0.6 is 0 Å². The molecule has 0 unspecified atom stereocenters. The lowest BCUT2D eigenvalue weighted by atomic mass is 10.2. The van der Waals surface area contributed by atoms with Gasteiger partial charge in [0.2, 0.25) is 5.56 Å². The number of aromatic nitrogens is 1. The van der Waals surface area contributed by atoms with Crippen molar-refractivity contribution in [1.29, 1.82) is 0 Å². The maximum atomic E-state index is 11.2. The molecule has 5 heteroatoms. The summed E-state index contributed by atoms with van der Waals surface area (Å²) in [6.45, 7) is 0.492. The van der Waals surface area contributed by atoms with Crippen LogP contribution in [-0.4, -0.2) is 14.8 Å². The number of aryl methyl sites for hydroxylation is 1. The van der Waals surface area contributed by atoms with E-state index in [1.54, 1.807) is 25.4 Å². The van der Waals surface area contributed by atoms with Crippen molar-refractivity contribution in [2.75, 3.05) is 5.32 Å². The lowest BCUT2D eigenvalue weighted by Gasteiger charge is -2.08. The molecular weight excluding hydrogens is 232 g/mol. The van der Waals surface area contributed by atoms with Gasteiger partial charge in [0.1, 0.15) is 0 Å². The van der Waals surface area contributed by atoms with Crippen molar-refractivity contribution in [2.24, 2.45) is 7.05 Å². The van der Waals surface area contributed by atoms with Crippen molar-refractivity contribution in [3.8, 4) is 11.5 Å². The number of aromatic hydroxyl groups is 2. The Kier molecular flexibility index (Phi) is 3.23. The van der Waals surface area contributed by atoms with Crippen molar-refractivity contribution < 1.29 is 10.2 Å². The highest BCUT2D eigenvalue weighted by Gasteiger charge is 2.01. The molecule has 0 bridgehead atoms. The third-order valence-corrected chi connectivity index (χ3v) is 2.62.